The van der Waals surface area contributed by atoms with Gasteiger partial charge in [-0.05, 0) is 37.2 Å². The van der Waals surface area contributed by atoms with Crippen molar-refractivity contribution in [1.82, 2.24) is 5.32 Å². The SMILES string of the molecule is O=C(O)CCNC1CCC(c2ccccc2)CC1. The average molecular weight is 247 g/mol. The Morgan fingerprint density at radius 1 is 1.17 bits per heavy atom. The molecule has 1 saturated carbocycles. The molecule has 18 heavy (non-hydrogen) atoms. The molecule has 0 heterocycles. The zero-order chi connectivity index (χ0) is 12.8. The van der Waals surface area contributed by atoms with Gasteiger partial charge in [-0.25, -0.2) is 0 Å². The van der Waals surface area contributed by atoms with Crippen molar-refractivity contribution in [2.24, 2.45) is 0 Å². The largest absolute Gasteiger partial charge is 0.481 e. The zero-order valence-electron chi connectivity index (χ0n) is 10.6. The van der Waals surface area contributed by atoms with Crippen molar-refractivity contribution in [1.29, 1.82) is 0 Å². The van der Waals surface area contributed by atoms with E-state index in [2.05, 4.69) is 35.6 Å². The Morgan fingerprint density at radius 3 is 2.44 bits per heavy atom. The average Bonchev–Trinajstić information content (AvgIpc) is 2.40. The van der Waals surface area contributed by atoms with Crippen molar-refractivity contribution in [2.45, 2.75) is 44.1 Å². The van der Waals surface area contributed by atoms with Crippen LogP contribution in [0, 0.1) is 0 Å². The maximum absolute atomic E-state index is 10.4. The van der Waals surface area contributed by atoms with Gasteiger partial charge < -0.3 is 10.4 Å². The summed E-state index contributed by atoms with van der Waals surface area (Å²) in [5.41, 5.74) is 1.45. The molecule has 0 bridgehead atoms. The number of nitrogens with one attached hydrogen (secondary N) is 1. The topological polar surface area (TPSA) is 49.3 Å². The highest BCUT2D eigenvalue weighted by atomic mass is 16.4. The first-order chi connectivity index (χ1) is 8.75. The first-order valence-electron chi connectivity index (χ1n) is 6.76. The van der Waals surface area contributed by atoms with Crippen LogP contribution in [0.4, 0.5) is 0 Å². The van der Waals surface area contributed by atoms with Crippen LogP contribution in [0.1, 0.15) is 43.6 Å². The van der Waals surface area contributed by atoms with Crippen LogP contribution in [0.3, 0.4) is 0 Å². The summed E-state index contributed by atoms with van der Waals surface area (Å²) >= 11 is 0. The van der Waals surface area contributed by atoms with Crippen molar-refractivity contribution in [3.8, 4) is 0 Å². The van der Waals surface area contributed by atoms with E-state index in [0.717, 1.165) is 12.8 Å². The second-order valence-electron chi connectivity index (χ2n) is 5.06. The summed E-state index contributed by atoms with van der Waals surface area (Å²) in [7, 11) is 0. The Balaban J connectivity index is 1.73. The second-order valence-corrected chi connectivity index (χ2v) is 5.06. The molecule has 0 unspecified atom stereocenters. The lowest BCUT2D eigenvalue weighted by atomic mass is 9.82. The Hall–Kier alpha value is -1.35. The molecule has 1 fully saturated rings. The van der Waals surface area contributed by atoms with Crippen LogP contribution in [0.2, 0.25) is 0 Å². The molecule has 1 aliphatic carbocycles. The Labute approximate surface area is 108 Å². The lowest BCUT2D eigenvalue weighted by Crippen LogP contribution is -2.34. The molecular formula is C15H21NO2. The maximum Gasteiger partial charge on any atom is 0.304 e. The van der Waals surface area contributed by atoms with E-state index in [1.807, 2.05) is 0 Å². The zero-order valence-corrected chi connectivity index (χ0v) is 10.6. The standard InChI is InChI=1S/C15H21NO2/c17-15(18)10-11-16-14-8-6-13(7-9-14)12-4-2-1-3-5-12/h1-5,13-14,16H,6-11H2,(H,17,18). The Kier molecular flexibility index (Phi) is 4.76. The number of aliphatic carboxylic acids is 1. The minimum atomic E-state index is -0.722. The molecule has 2 rings (SSSR count). The molecule has 0 saturated heterocycles. The smallest absolute Gasteiger partial charge is 0.304 e. The van der Waals surface area contributed by atoms with Crippen LogP contribution in [0.15, 0.2) is 30.3 Å². The number of rotatable bonds is 5. The molecule has 0 radical (unpaired) electrons. The van der Waals surface area contributed by atoms with E-state index in [4.69, 9.17) is 5.11 Å². The summed E-state index contributed by atoms with van der Waals surface area (Å²) in [4.78, 5) is 10.4. The molecule has 0 atom stereocenters. The first kappa shape index (κ1) is 13.1. The van der Waals surface area contributed by atoms with Crippen LogP contribution in [0.25, 0.3) is 0 Å². The molecule has 0 aromatic heterocycles. The Bertz CT molecular complexity index is 369. The van der Waals surface area contributed by atoms with Gasteiger partial charge in [-0.1, -0.05) is 30.3 Å². The first-order valence-corrected chi connectivity index (χ1v) is 6.76. The number of hydrogen-bond donors (Lipinski definition) is 2. The van der Waals surface area contributed by atoms with Crippen molar-refractivity contribution >= 4 is 5.97 Å². The van der Waals surface area contributed by atoms with E-state index in [1.54, 1.807) is 0 Å². The van der Waals surface area contributed by atoms with Gasteiger partial charge in [0, 0.05) is 12.6 Å². The third-order valence-corrected chi connectivity index (χ3v) is 3.77. The van der Waals surface area contributed by atoms with Gasteiger partial charge in [-0.2, -0.15) is 0 Å². The van der Waals surface area contributed by atoms with Gasteiger partial charge >= 0.3 is 5.97 Å². The lowest BCUT2D eigenvalue weighted by Gasteiger charge is -2.29. The molecule has 3 nitrogen and oxygen atoms in total. The fourth-order valence-corrected chi connectivity index (χ4v) is 2.74. The van der Waals surface area contributed by atoms with Crippen molar-refractivity contribution < 1.29 is 9.90 Å². The molecule has 1 aromatic rings. The van der Waals surface area contributed by atoms with E-state index in [9.17, 15) is 4.79 Å². The van der Waals surface area contributed by atoms with Crippen LogP contribution in [-0.4, -0.2) is 23.7 Å². The van der Waals surface area contributed by atoms with Gasteiger partial charge in [0.25, 0.3) is 0 Å². The third-order valence-electron chi connectivity index (χ3n) is 3.77. The van der Waals surface area contributed by atoms with Crippen LogP contribution >= 0.6 is 0 Å². The molecule has 0 aliphatic heterocycles. The number of hydrogen-bond acceptors (Lipinski definition) is 2. The van der Waals surface area contributed by atoms with Gasteiger partial charge in [-0.3, -0.25) is 4.79 Å². The summed E-state index contributed by atoms with van der Waals surface area (Å²) in [6.45, 7) is 0.593. The predicted octanol–water partition coefficient (Wildman–Crippen LogP) is 2.78. The number of carbonyl (C=O) groups is 1. The maximum atomic E-state index is 10.4. The van der Waals surface area contributed by atoms with E-state index in [-0.39, 0.29) is 6.42 Å². The molecule has 2 N–H and O–H groups in total. The second kappa shape index (κ2) is 6.55. The number of benzene rings is 1. The number of carboxylic acids is 1. The number of carboxylic acid groups (broad SMARTS) is 1. The molecular weight excluding hydrogens is 226 g/mol. The summed E-state index contributed by atoms with van der Waals surface area (Å²) in [6.07, 6.45) is 4.93. The fraction of sp³-hybridized carbons (Fsp3) is 0.533. The van der Waals surface area contributed by atoms with E-state index in [1.165, 1.54) is 18.4 Å². The molecule has 0 amide bonds. The molecule has 1 aromatic carbocycles. The predicted molar refractivity (Wildman–Crippen MR) is 71.7 cm³/mol. The summed E-state index contributed by atoms with van der Waals surface area (Å²) < 4.78 is 0. The fourth-order valence-electron chi connectivity index (χ4n) is 2.74. The van der Waals surface area contributed by atoms with Gasteiger partial charge in [0.1, 0.15) is 0 Å². The van der Waals surface area contributed by atoms with Gasteiger partial charge in [-0.15, -0.1) is 0 Å². The quantitative estimate of drug-likeness (QED) is 0.841. The minimum Gasteiger partial charge on any atom is -0.481 e. The van der Waals surface area contributed by atoms with Gasteiger partial charge in [0.05, 0.1) is 6.42 Å². The van der Waals surface area contributed by atoms with Crippen molar-refractivity contribution in [3.63, 3.8) is 0 Å². The Morgan fingerprint density at radius 2 is 1.83 bits per heavy atom. The summed E-state index contributed by atoms with van der Waals surface area (Å²) in [5, 5.41) is 11.9. The van der Waals surface area contributed by atoms with E-state index < -0.39 is 5.97 Å². The highest BCUT2D eigenvalue weighted by Crippen LogP contribution is 2.32. The lowest BCUT2D eigenvalue weighted by molar-refractivity contribution is -0.136. The van der Waals surface area contributed by atoms with Crippen LogP contribution in [-0.2, 0) is 4.79 Å². The normalized spacial score (nSPS) is 23.8. The third kappa shape index (κ3) is 3.84. The highest BCUT2D eigenvalue weighted by Gasteiger charge is 2.21. The van der Waals surface area contributed by atoms with Crippen molar-refractivity contribution in [3.05, 3.63) is 35.9 Å². The van der Waals surface area contributed by atoms with Gasteiger partial charge in [0.15, 0.2) is 0 Å². The van der Waals surface area contributed by atoms with Crippen LogP contribution < -0.4 is 5.32 Å². The van der Waals surface area contributed by atoms with E-state index >= 15 is 0 Å². The van der Waals surface area contributed by atoms with Gasteiger partial charge in [0.2, 0.25) is 0 Å². The molecule has 0 spiro atoms. The van der Waals surface area contributed by atoms with Crippen molar-refractivity contribution in [2.75, 3.05) is 6.54 Å². The molecule has 3 heteroatoms. The van der Waals surface area contributed by atoms with Crippen LogP contribution in [0.5, 0.6) is 0 Å². The molecule has 98 valence electrons. The molecule has 1 aliphatic rings. The summed E-state index contributed by atoms with van der Waals surface area (Å²) in [6, 6.07) is 11.2. The summed E-state index contributed by atoms with van der Waals surface area (Å²) in [5.74, 6) is -0.0378. The minimum absolute atomic E-state index is 0.221. The van der Waals surface area contributed by atoms with E-state index in [0.29, 0.717) is 18.5 Å². The monoisotopic (exact) mass is 247 g/mol. The highest BCUT2D eigenvalue weighted by molar-refractivity contribution is 5.66.